The Balaban J connectivity index is 1.65. The fourth-order valence-electron chi connectivity index (χ4n) is 3.81. The molecule has 0 fully saturated rings. The Labute approximate surface area is 191 Å². The second-order valence-electron chi connectivity index (χ2n) is 7.71. The van der Waals surface area contributed by atoms with E-state index in [-0.39, 0.29) is 0 Å². The second kappa shape index (κ2) is 8.85. The molecule has 1 atom stereocenters. The Morgan fingerprint density at radius 3 is 2.44 bits per heavy atom. The van der Waals surface area contributed by atoms with E-state index in [0.717, 1.165) is 16.8 Å². The molecule has 1 aliphatic heterocycles. The van der Waals surface area contributed by atoms with Crippen LogP contribution in [0.3, 0.4) is 0 Å². The van der Waals surface area contributed by atoms with Crippen molar-refractivity contribution >= 4 is 35.0 Å². The number of carbonyl (C=O) groups excluding carboxylic acids is 2. The SMILES string of the molecule is COC(=O)c1cccc(NC(=O)N2CC(C)(c3ccccc3)C(c3ccc(Cl)cc3)=N2)c1. The number of rotatable bonds is 4. The molecule has 1 heterocycles. The maximum absolute atomic E-state index is 13.1. The summed E-state index contributed by atoms with van der Waals surface area (Å²) in [5.41, 5.74) is 3.04. The lowest BCUT2D eigenvalue weighted by molar-refractivity contribution is 0.0600. The number of esters is 1. The second-order valence-corrected chi connectivity index (χ2v) is 8.15. The normalized spacial score (nSPS) is 17.6. The van der Waals surface area contributed by atoms with Gasteiger partial charge in [0, 0.05) is 10.7 Å². The van der Waals surface area contributed by atoms with Gasteiger partial charge in [0.1, 0.15) is 0 Å². The lowest BCUT2D eigenvalue weighted by Crippen LogP contribution is -2.38. The average molecular weight is 448 g/mol. The quantitative estimate of drug-likeness (QED) is 0.549. The van der Waals surface area contributed by atoms with Crippen molar-refractivity contribution in [3.63, 3.8) is 0 Å². The molecule has 0 radical (unpaired) electrons. The van der Waals surface area contributed by atoms with Crippen LogP contribution in [0.15, 0.2) is 84.0 Å². The third-order valence-corrected chi connectivity index (χ3v) is 5.76. The number of urea groups is 1. The lowest BCUT2D eigenvalue weighted by Gasteiger charge is -2.27. The maximum atomic E-state index is 13.1. The Morgan fingerprint density at radius 2 is 1.75 bits per heavy atom. The molecule has 1 unspecified atom stereocenters. The van der Waals surface area contributed by atoms with Gasteiger partial charge in [0.05, 0.1) is 30.3 Å². The minimum absolute atomic E-state index is 0.353. The van der Waals surface area contributed by atoms with Crippen molar-refractivity contribution in [2.24, 2.45) is 5.10 Å². The number of halogens is 1. The predicted octanol–water partition coefficient (Wildman–Crippen LogP) is 5.34. The van der Waals surface area contributed by atoms with E-state index in [0.29, 0.717) is 22.8 Å². The van der Waals surface area contributed by atoms with E-state index in [4.69, 9.17) is 21.4 Å². The van der Waals surface area contributed by atoms with Gasteiger partial charge in [0.2, 0.25) is 0 Å². The first kappa shape index (κ1) is 21.6. The van der Waals surface area contributed by atoms with Gasteiger partial charge in [0.25, 0.3) is 0 Å². The fraction of sp³-hybridized carbons (Fsp3) is 0.160. The Bertz CT molecular complexity index is 1180. The van der Waals surface area contributed by atoms with Gasteiger partial charge in [-0.3, -0.25) is 0 Å². The molecular weight excluding hydrogens is 426 g/mol. The van der Waals surface area contributed by atoms with Crippen LogP contribution in [-0.4, -0.2) is 36.4 Å². The largest absolute Gasteiger partial charge is 0.465 e. The van der Waals surface area contributed by atoms with Crippen LogP contribution in [0.25, 0.3) is 0 Å². The van der Waals surface area contributed by atoms with Crippen LogP contribution in [0.4, 0.5) is 10.5 Å². The van der Waals surface area contributed by atoms with Gasteiger partial charge >= 0.3 is 12.0 Å². The van der Waals surface area contributed by atoms with Crippen molar-refractivity contribution in [1.29, 1.82) is 0 Å². The third-order valence-electron chi connectivity index (χ3n) is 5.51. The van der Waals surface area contributed by atoms with E-state index in [2.05, 4.69) is 12.2 Å². The fourth-order valence-corrected chi connectivity index (χ4v) is 3.93. The number of nitrogens with zero attached hydrogens (tertiary/aromatic N) is 2. The number of hydrogen-bond acceptors (Lipinski definition) is 4. The molecule has 0 spiro atoms. The van der Waals surface area contributed by atoms with Crippen LogP contribution in [0.1, 0.15) is 28.4 Å². The minimum Gasteiger partial charge on any atom is -0.465 e. The van der Waals surface area contributed by atoms with E-state index in [9.17, 15) is 9.59 Å². The van der Waals surface area contributed by atoms with Crippen LogP contribution >= 0.6 is 11.6 Å². The molecule has 0 saturated carbocycles. The number of ether oxygens (including phenoxy) is 1. The van der Waals surface area contributed by atoms with Crippen molar-refractivity contribution in [2.75, 3.05) is 19.0 Å². The van der Waals surface area contributed by atoms with E-state index in [1.54, 1.807) is 24.3 Å². The molecule has 4 rings (SSSR count). The highest BCUT2D eigenvalue weighted by Crippen LogP contribution is 2.35. The van der Waals surface area contributed by atoms with Crippen molar-refractivity contribution in [3.8, 4) is 0 Å². The summed E-state index contributed by atoms with van der Waals surface area (Å²) in [6.07, 6.45) is 0. The highest BCUT2D eigenvalue weighted by Gasteiger charge is 2.42. The minimum atomic E-state index is -0.514. The van der Waals surface area contributed by atoms with Crippen molar-refractivity contribution in [3.05, 3.63) is 101 Å². The highest BCUT2D eigenvalue weighted by atomic mass is 35.5. The zero-order chi connectivity index (χ0) is 22.7. The van der Waals surface area contributed by atoms with Crippen molar-refractivity contribution in [2.45, 2.75) is 12.3 Å². The van der Waals surface area contributed by atoms with Gasteiger partial charge < -0.3 is 10.1 Å². The number of anilines is 1. The summed E-state index contributed by atoms with van der Waals surface area (Å²) in [7, 11) is 1.31. The molecule has 3 aromatic carbocycles. The molecule has 162 valence electrons. The smallest absolute Gasteiger partial charge is 0.342 e. The van der Waals surface area contributed by atoms with Crippen LogP contribution in [-0.2, 0) is 10.2 Å². The summed E-state index contributed by atoms with van der Waals surface area (Å²) in [5, 5.41) is 9.57. The van der Waals surface area contributed by atoms with Gasteiger partial charge in [-0.15, -0.1) is 0 Å². The van der Waals surface area contributed by atoms with E-state index in [1.807, 2.05) is 54.6 Å². The van der Waals surface area contributed by atoms with Crippen LogP contribution in [0.2, 0.25) is 5.02 Å². The molecule has 0 aromatic heterocycles. The molecule has 0 bridgehead atoms. The summed E-state index contributed by atoms with van der Waals surface area (Å²) >= 11 is 6.07. The summed E-state index contributed by atoms with van der Waals surface area (Å²) in [5.74, 6) is -0.470. The highest BCUT2D eigenvalue weighted by molar-refractivity contribution is 6.30. The van der Waals surface area contributed by atoms with Crippen molar-refractivity contribution in [1.82, 2.24) is 5.01 Å². The molecule has 32 heavy (non-hydrogen) atoms. The van der Waals surface area contributed by atoms with Gasteiger partial charge in [-0.25, -0.2) is 14.6 Å². The molecule has 1 aliphatic rings. The molecule has 1 N–H and O–H groups in total. The maximum Gasteiger partial charge on any atom is 0.342 e. The zero-order valence-corrected chi connectivity index (χ0v) is 18.5. The molecule has 0 saturated heterocycles. The predicted molar refractivity (Wildman–Crippen MR) is 125 cm³/mol. The van der Waals surface area contributed by atoms with Gasteiger partial charge in [-0.05, 0) is 48.4 Å². The number of carbonyl (C=O) groups is 2. The molecule has 3 aromatic rings. The van der Waals surface area contributed by atoms with Gasteiger partial charge in [-0.2, -0.15) is 5.10 Å². The van der Waals surface area contributed by atoms with Crippen LogP contribution in [0, 0.1) is 0 Å². The van der Waals surface area contributed by atoms with Crippen LogP contribution < -0.4 is 5.32 Å². The summed E-state index contributed by atoms with van der Waals surface area (Å²) < 4.78 is 4.75. The number of methoxy groups -OCH3 is 1. The number of hydrazone groups is 1. The van der Waals surface area contributed by atoms with Crippen molar-refractivity contribution < 1.29 is 14.3 Å². The van der Waals surface area contributed by atoms with E-state index < -0.39 is 17.4 Å². The number of benzene rings is 3. The van der Waals surface area contributed by atoms with Crippen LogP contribution in [0.5, 0.6) is 0 Å². The van der Waals surface area contributed by atoms with Gasteiger partial charge in [0.15, 0.2) is 0 Å². The number of nitrogens with one attached hydrogen (secondary N) is 1. The number of amides is 2. The third kappa shape index (κ3) is 4.22. The van der Waals surface area contributed by atoms with E-state index in [1.165, 1.54) is 12.1 Å². The molecular formula is C25H22ClN3O3. The number of hydrogen-bond donors (Lipinski definition) is 1. The lowest BCUT2D eigenvalue weighted by atomic mass is 9.76. The zero-order valence-electron chi connectivity index (χ0n) is 17.7. The Morgan fingerprint density at radius 1 is 1.03 bits per heavy atom. The molecule has 6 nitrogen and oxygen atoms in total. The first-order valence-electron chi connectivity index (χ1n) is 10.1. The monoisotopic (exact) mass is 447 g/mol. The standard InChI is InChI=1S/C25H22ClN3O3/c1-25(19-8-4-3-5-9-19)16-29(28-22(25)17-11-13-20(26)14-12-17)24(31)27-21-10-6-7-18(15-21)23(30)32-2/h3-15H,16H2,1-2H3,(H,27,31). The summed E-state index contributed by atoms with van der Waals surface area (Å²) in [6.45, 7) is 2.43. The summed E-state index contributed by atoms with van der Waals surface area (Å²) in [6, 6.07) is 23.6. The molecule has 2 amide bonds. The molecule has 7 heteroatoms. The Hall–Kier alpha value is -3.64. The van der Waals surface area contributed by atoms with E-state index >= 15 is 0 Å². The van der Waals surface area contributed by atoms with Gasteiger partial charge in [-0.1, -0.05) is 60.1 Å². The topological polar surface area (TPSA) is 71.0 Å². The Kier molecular flexibility index (Phi) is 5.97. The molecule has 0 aliphatic carbocycles. The first-order valence-corrected chi connectivity index (χ1v) is 10.5. The average Bonchev–Trinajstić information content (AvgIpc) is 3.18. The first-order chi connectivity index (χ1) is 15.4. The summed E-state index contributed by atoms with van der Waals surface area (Å²) in [4.78, 5) is 24.9.